The fourth-order valence-electron chi connectivity index (χ4n) is 5.14. The van der Waals surface area contributed by atoms with Crippen LogP contribution >= 0.6 is 11.6 Å². The maximum atomic E-state index is 12.9. The van der Waals surface area contributed by atoms with E-state index in [1.54, 1.807) is 13.2 Å². The summed E-state index contributed by atoms with van der Waals surface area (Å²) in [5.74, 6) is 1.60. The molecule has 1 aliphatic heterocycles. The van der Waals surface area contributed by atoms with Crippen molar-refractivity contribution >= 4 is 34.2 Å². The van der Waals surface area contributed by atoms with Gasteiger partial charge >= 0.3 is 0 Å². The monoisotopic (exact) mass is 465 g/mol. The molecule has 1 aliphatic carbocycles. The van der Waals surface area contributed by atoms with Gasteiger partial charge in [-0.2, -0.15) is 0 Å². The molecule has 1 aromatic heterocycles. The van der Waals surface area contributed by atoms with Crippen molar-refractivity contribution in [3.63, 3.8) is 0 Å². The molecule has 1 spiro atoms. The molecule has 5 rings (SSSR count). The van der Waals surface area contributed by atoms with Crippen LogP contribution in [-0.2, 0) is 12.0 Å². The molecule has 2 aliphatic rings. The molecule has 33 heavy (non-hydrogen) atoms. The predicted octanol–water partition coefficient (Wildman–Crippen LogP) is 5.71. The third-order valence-corrected chi connectivity index (χ3v) is 6.97. The second-order valence-corrected chi connectivity index (χ2v) is 9.27. The Bertz CT molecular complexity index is 1230. The maximum absolute atomic E-state index is 12.9. The van der Waals surface area contributed by atoms with Gasteiger partial charge in [0.1, 0.15) is 11.3 Å². The summed E-state index contributed by atoms with van der Waals surface area (Å²) in [7, 11) is 1.64. The number of carbonyl (C=O) groups is 1. The Morgan fingerprint density at radius 2 is 2.06 bits per heavy atom. The zero-order chi connectivity index (χ0) is 23.0. The van der Waals surface area contributed by atoms with E-state index in [4.69, 9.17) is 20.8 Å². The van der Waals surface area contributed by atoms with Gasteiger partial charge in [0.05, 0.1) is 29.2 Å². The molecular formula is C26H28ClN3O3. The molecular weight excluding hydrogens is 438 g/mol. The number of halogens is 1. The summed E-state index contributed by atoms with van der Waals surface area (Å²) in [4.78, 5) is 12.9. The van der Waals surface area contributed by atoms with E-state index in [0.717, 1.165) is 59.5 Å². The summed E-state index contributed by atoms with van der Waals surface area (Å²) in [6.45, 7) is 4.60. The summed E-state index contributed by atoms with van der Waals surface area (Å²) in [5.41, 5.74) is 3.36. The molecule has 1 saturated carbocycles. The van der Waals surface area contributed by atoms with Crippen molar-refractivity contribution in [1.82, 2.24) is 10.6 Å². The topological polar surface area (TPSA) is 75.5 Å². The highest BCUT2D eigenvalue weighted by atomic mass is 35.5. The zero-order valence-corrected chi connectivity index (χ0v) is 19.5. The molecule has 0 bridgehead atoms. The number of fused-ring (bicyclic) bond motifs is 4. The van der Waals surface area contributed by atoms with Crippen LogP contribution in [0.4, 0.5) is 5.69 Å². The Kier molecular flexibility index (Phi) is 5.71. The fraction of sp³-hybridized carbons (Fsp3) is 0.346. The van der Waals surface area contributed by atoms with Crippen LogP contribution in [-0.4, -0.2) is 19.6 Å². The van der Waals surface area contributed by atoms with Crippen molar-refractivity contribution in [2.24, 2.45) is 0 Å². The first-order valence-electron chi connectivity index (χ1n) is 11.4. The molecule has 1 amide bonds. The van der Waals surface area contributed by atoms with Gasteiger partial charge in [-0.25, -0.2) is 0 Å². The van der Waals surface area contributed by atoms with E-state index in [9.17, 15) is 4.79 Å². The molecule has 3 N–H and O–H groups in total. The van der Waals surface area contributed by atoms with Gasteiger partial charge < -0.3 is 25.1 Å². The van der Waals surface area contributed by atoms with Crippen LogP contribution < -0.4 is 20.7 Å². The Balaban J connectivity index is 1.42. The Labute approximate surface area is 198 Å². The van der Waals surface area contributed by atoms with E-state index in [1.165, 1.54) is 6.42 Å². The van der Waals surface area contributed by atoms with Gasteiger partial charge in [0.15, 0.2) is 5.76 Å². The van der Waals surface area contributed by atoms with Gasteiger partial charge in [-0.05, 0) is 49.1 Å². The summed E-state index contributed by atoms with van der Waals surface area (Å²) in [6.07, 6.45) is 6.08. The Morgan fingerprint density at radius 1 is 1.24 bits per heavy atom. The standard InChI is InChI=1S/C26H28ClN3O3/c1-16-29-23-20(27)14-18-15-21(25(31)28-12-9-17-7-6-8-19(13-17)32-2)33-24(18)22(23)26(30-16)10-4-3-5-11-26/h6-8,13-15,29-30H,1,3-5,9-12H2,2H3,(H,28,31). The van der Waals surface area contributed by atoms with E-state index in [-0.39, 0.29) is 17.2 Å². The molecule has 7 heteroatoms. The first-order chi connectivity index (χ1) is 16.0. The highest BCUT2D eigenvalue weighted by molar-refractivity contribution is 6.34. The highest BCUT2D eigenvalue weighted by Crippen LogP contribution is 2.49. The third-order valence-electron chi connectivity index (χ3n) is 6.67. The van der Waals surface area contributed by atoms with Crippen molar-refractivity contribution in [1.29, 1.82) is 0 Å². The number of hydrogen-bond acceptors (Lipinski definition) is 5. The minimum Gasteiger partial charge on any atom is -0.497 e. The maximum Gasteiger partial charge on any atom is 0.287 e. The van der Waals surface area contributed by atoms with Gasteiger partial charge in [0.25, 0.3) is 5.91 Å². The number of methoxy groups -OCH3 is 1. The van der Waals surface area contributed by atoms with Crippen molar-refractivity contribution in [3.05, 3.63) is 70.7 Å². The summed E-state index contributed by atoms with van der Waals surface area (Å²) in [6, 6.07) is 11.5. The van der Waals surface area contributed by atoms with Crippen LogP contribution in [0.15, 0.2) is 53.2 Å². The molecule has 0 unspecified atom stereocenters. The number of rotatable bonds is 5. The van der Waals surface area contributed by atoms with Crippen LogP contribution in [0.3, 0.4) is 0 Å². The smallest absolute Gasteiger partial charge is 0.287 e. The van der Waals surface area contributed by atoms with E-state index < -0.39 is 0 Å². The minimum absolute atomic E-state index is 0.238. The van der Waals surface area contributed by atoms with Crippen LogP contribution in [0.5, 0.6) is 5.75 Å². The van der Waals surface area contributed by atoms with E-state index in [0.29, 0.717) is 23.6 Å². The minimum atomic E-state index is -0.281. The molecule has 6 nitrogen and oxygen atoms in total. The predicted molar refractivity (Wildman–Crippen MR) is 131 cm³/mol. The van der Waals surface area contributed by atoms with Gasteiger partial charge in [-0.1, -0.05) is 49.6 Å². The van der Waals surface area contributed by atoms with Gasteiger partial charge in [0.2, 0.25) is 0 Å². The average Bonchev–Trinajstić information content (AvgIpc) is 3.23. The van der Waals surface area contributed by atoms with Crippen LogP contribution in [0.25, 0.3) is 11.0 Å². The number of ether oxygens (including phenoxy) is 1. The number of hydrogen-bond donors (Lipinski definition) is 3. The number of amides is 1. The lowest BCUT2D eigenvalue weighted by Crippen LogP contribution is -2.48. The number of furan rings is 1. The zero-order valence-electron chi connectivity index (χ0n) is 18.7. The summed E-state index contributed by atoms with van der Waals surface area (Å²) in [5, 5.41) is 11.3. The second-order valence-electron chi connectivity index (χ2n) is 8.87. The molecule has 2 aromatic carbocycles. The van der Waals surface area contributed by atoms with Crippen molar-refractivity contribution in [2.75, 3.05) is 19.0 Å². The quantitative estimate of drug-likeness (QED) is 0.449. The third kappa shape index (κ3) is 4.04. The number of anilines is 1. The number of carbonyl (C=O) groups excluding carboxylic acids is 1. The van der Waals surface area contributed by atoms with Gasteiger partial charge in [-0.3, -0.25) is 4.79 Å². The first kappa shape index (κ1) is 21.7. The molecule has 0 saturated heterocycles. The van der Waals surface area contributed by atoms with E-state index in [2.05, 4.69) is 22.5 Å². The van der Waals surface area contributed by atoms with Crippen LogP contribution in [0, 0.1) is 0 Å². The first-order valence-corrected chi connectivity index (χ1v) is 11.8. The van der Waals surface area contributed by atoms with Crippen LogP contribution in [0.2, 0.25) is 5.02 Å². The molecule has 1 fully saturated rings. The largest absolute Gasteiger partial charge is 0.497 e. The molecule has 0 atom stereocenters. The number of benzene rings is 2. The van der Waals surface area contributed by atoms with E-state index in [1.807, 2.05) is 30.3 Å². The number of nitrogens with one attached hydrogen (secondary N) is 3. The lowest BCUT2D eigenvalue weighted by atomic mass is 9.74. The Morgan fingerprint density at radius 3 is 2.85 bits per heavy atom. The Hall–Kier alpha value is -3.12. The van der Waals surface area contributed by atoms with Gasteiger partial charge in [0, 0.05) is 17.5 Å². The fourth-order valence-corrected chi connectivity index (χ4v) is 5.40. The normalized spacial score (nSPS) is 16.7. The van der Waals surface area contributed by atoms with Gasteiger partial charge in [-0.15, -0.1) is 0 Å². The molecule has 0 radical (unpaired) electrons. The summed E-state index contributed by atoms with van der Waals surface area (Å²) >= 11 is 6.67. The lowest BCUT2D eigenvalue weighted by molar-refractivity contribution is 0.0928. The SMILES string of the molecule is C=C1Nc2c(Cl)cc3cc(C(=O)NCCc4cccc(OC)c4)oc3c2C2(CCCCC2)N1. The highest BCUT2D eigenvalue weighted by Gasteiger charge is 2.42. The molecule has 2 heterocycles. The van der Waals surface area contributed by atoms with Crippen molar-refractivity contribution in [3.8, 4) is 5.75 Å². The molecule has 3 aromatic rings. The lowest BCUT2D eigenvalue weighted by Gasteiger charge is -2.44. The van der Waals surface area contributed by atoms with Crippen LogP contribution in [0.1, 0.15) is 53.8 Å². The molecule has 172 valence electrons. The summed E-state index contributed by atoms with van der Waals surface area (Å²) < 4.78 is 11.5. The van der Waals surface area contributed by atoms with Crippen molar-refractivity contribution in [2.45, 2.75) is 44.1 Å². The van der Waals surface area contributed by atoms with Crippen molar-refractivity contribution < 1.29 is 13.9 Å². The second kappa shape index (κ2) is 8.67. The van der Waals surface area contributed by atoms with E-state index >= 15 is 0 Å². The average molecular weight is 466 g/mol.